The highest BCUT2D eigenvalue weighted by molar-refractivity contribution is 5.46. The van der Waals surface area contributed by atoms with Gasteiger partial charge in [-0.1, -0.05) is 315 Å². The van der Waals surface area contributed by atoms with Crippen LogP contribution in [0.25, 0.3) is 0 Å². The molecule has 0 radical (unpaired) electrons. The van der Waals surface area contributed by atoms with Gasteiger partial charge in [-0.2, -0.15) is 9.65 Å². The summed E-state index contributed by atoms with van der Waals surface area (Å²) in [4.78, 5) is 21.2. The zero-order valence-electron chi connectivity index (χ0n) is 75.4. The summed E-state index contributed by atoms with van der Waals surface area (Å²) in [6.07, 6.45) is 4.85. The average Bonchev–Trinajstić information content (AvgIpc) is 0.825. The summed E-state index contributed by atoms with van der Waals surface area (Å²) in [5, 5.41) is 9.22. The zero-order chi connectivity index (χ0) is 86.1. The van der Waals surface area contributed by atoms with Crippen LogP contribution in [0.15, 0.2) is 91.5 Å². The summed E-state index contributed by atoms with van der Waals surface area (Å²) >= 11 is 0. The highest BCUT2D eigenvalue weighted by atomic mass is 19.3. The van der Waals surface area contributed by atoms with Crippen LogP contribution in [0.3, 0.4) is 0 Å². The zero-order valence-corrected chi connectivity index (χ0v) is 75.4. The van der Waals surface area contributed by atoms with E-state index in [-0.39, 0.29) is 99.0 Å². The van der Waals surface area contributed by atoms with E-state index >= 15 is 0 Å². The number of aromatic nitrogens is 5. The highest BCUT2D eigenvalue weighted by Crippen LogP contribution is 2.39. The summed E-state index contributed by atoms with van der Waals surface area (Å²) in [6.45, 7) is 84.1. The molecule has 6 nitrogen and oxygen atoms in total. The van der Waals surface area contributed by atoms with E-state index in [1.54, 1.807) is 24.5 Å². The van der Waals surface area contributed by atoms with Gasteiger partial charge in [0.15, 0.2) is 0 Å². The molecule has 0 amide bonds. The van der Waals surface area contributed by atoms with Crippen LogP contribution in [0.4, 0.5) is 35.1 Å². The van der Waals surface area contributed by atoms with Gasteiger partial charge in [0.05, 0.1) is 17.3 Å². The van der Waals surface area contributed by atoms with E-state index in [2.05, 4.69) is 147 Å². The van der Waals surface area contributed by atoms with Crippen LogP contribution in [-0.2, 0) is 75.8 Å². The molecule has 4 aromatic carbocycles. The summed E-state index contributed by atoms with van der Waals surface area (Å²) in [5.74, 6) is -0.677. The highest BCUT2D eigenvalue weighted by Gasteiger charge is 2.31. The number of nitrogens with zero attached hydrogens (tertiary/aromatic N) is 6. The molecule has 0 fully saturated rings. The Morgan fingerprint density at radius 2 is 0.606 bits per heavy atom. The Morgan fingerprint density at radius 3 is 0.899 bits per heavy atom. The molecule has 3 heterocycles. The summed E-state index contributed by atoms with van der Waals surface area (Å²) in [7, 11) is 0. The minimum Gasteiger partial charge on any atom is -0.257 e. The van der Waals surface area contributed by atoms with Gasteiger partial charge in [0, 0.05) is 57.7 Å². The Hall–Kier alpha value is -6.88. The van der Waals surface area contributed by atoms with E-state index in [1.165, 1.54) is 35.4 Å². The minimum absolute atomic E-state index is 0.0292. The van der Waals surface area contributed by atoms with E-state index in [4.69, 9.17) is 0 Å². The van der Waals surface area contributed by atoms with E-state index in [1.807, 2.05) is 218 Å². The van der Waals surface area contributed by atoms with Gasteiger partial charge in [-0.3, -0.25) is 4.98 Å². The lowest BCUT2D eigenvalue weighted by Gasteiger charge is -2.26. The molecular formula is C95H142F8N6. The predicted molar refractivity (Wildman–Crippen MR) is 445 cm³/mol. The summed E-state index contributed by atoms with van der Waals surface area (Å²) < 4.78 is 109. The lowest BCUT2D eigenvalue weighted by Crippen LogP contribution is -2.21. The van der Waals surface area contributed by atoms with Crippen molar-refractivity contribution in [3.05, 3.63) is 216 Å². The molecule has 0 saturated carbocycles. The topological polar surface area (TPSA) is 88.2 Å². The van der Waals surface area contributed by atoms with Crippen molar-refractivity contribution in [2.75, 3.05) is 0 Å². The second-order valence-electron chi connectivity index (χ2n) is 43.3. The predicted octanol–water partition coefficient (Wildman–Crippen LogP) is 28.6. The Bertz CT molecular complexity index is 3960. The summed E-state index contributed by atoms with van der Waals surface area (Å²) in [6, 6.07) is 21.2. The van der Waals surface area contributed by atoms with Gasteiger partial charge < -0.3 is 0 Å². The minimum atomic E-state index is -2.41. The number of hydrogen-bond donors (Lipinski definition) is 0. The van der Waals surface area contributed by atoms with Crippen LogP contribution in [-0.4, -0.2) is 24.9 Å². The number of benzene rings is 4. The molecule has 3 aromatic heterocycles. The molecule has 0 aliphatic rings. The van der Waals surface area contributed by atoms with Crippen molar-refractivity contribution in [1.29, 1.82) is 5.26 Å². The third-order valence-electron chi connectivity index (χ3n) is 17.9. The number of nitriles is 1. The average molecular weight is 1520 g/mol. The smallest absolute Gasteiger partial charge is 0.257 e. The van der Waals surface area contributed by atoms with Gasteiger partial charge in [0.25, 0.3) is 6.43 Å². The molecular weight excluding hydrogens is 1380 g/mol. The van der Waals surface area contributed by atoms with Crippen molar-refractivity contribution in [2.45, 2.75) is 373 Å². The third-order valence-corrected chi connectivity index (χ3v) is 17.9. The molecule has 0 atom stereocenters. The van der Waals surface area contributed by atoms with Crippen molar-refractivity contribution in [2.24, 2.45) is 0 Å². The van der Waals surface area contributed by atoms with Crippen molar-refractivity contribution >= 4 is 0 Å². The van der Waals surface area contributed by atoms with Crippen LogP contribution in [0.1, 0.15) is 387 Å². The number of alkyl halides is 2. The lowest BCUT2D eigenvalue weighted by atomic mass is 9.79. The van der Waals surface area contributed by atoms with Gasteiger partial charge >= 0.3 is 0 Å². The van der Waals surface area contributed by atoms with Crippen LogP contribution in [0.2, 0.25) is 0 Å². The first-order chi connectivity index (χ1) is 48.2. The van der Waals surface area contributed by atoms with Crippen LogP contribution >= 0.6 is 0 Å². The van der Waals surface area contributed by atoms with E-state index in [0.717, 1.165) is 33.6 Å². The van der Waals surface area contributed by atoms with Gasteiger partial charge in [-0.25, -0.2) is 50.7 Å². The molecule has 0 aliphatic heterocycles. The molecule has 0 unspecified atom stereocenters. The van der Waals surface area contributed by atoms with Gasteiger partial charge in [-0.05, 0) is 152 Å². The molecule has 14 heteroatoms. The molecule has 7 aromatic rings. The first-order valence-corrected chi connectivity index (χ1v) is 38.2. The molecule has 0 saturated heterocycles. The number of pyridine rings is 1. The first kappa shape index (κ1) is 100. The van der Waals surface area contributed by atoms with E-state index < -0.39 is 29.4 Å². The maximum absolute atomic E-state index is 13.9. The molecule has 0 spiro atoms. The maximum atomic E-state index is 13.9. The Morgan fingerprint density at radius 1 is 0.275 bits per heavy atom. The van der Waals surface area contributed by atoms with Crippen LogP contribution in [0.5, 0.6) is 0 Å². The molecule has 109 heavy (non-hydrogen) atoms. The largest absolute Gasteiger partial charge is 0.264 e. The Balaban J connectivity index is 0.000000636. The molecule has 0 N–H and O–H groups in total. The summed E-state index contributed by atoms with van der Waals surface area (Å²) in [5.41, 5.74) is 7.68. The first-order valence-electron chi connectivity index (χ1n) is 38.2. The Labute approximate surface area is 657 Å². The lowest BCUT2D eigenvalue weighted by molar-refractivity contribution is 0.148. The number of rotatable bonds is 1. The van der Waals surface area contributed by atoms with Gasteiger partial charge in [-0.15, -0.1) is 0 Å². The van der Waals surface area contributed by atoms with E-state index in [0.29, 0.717) is 33.8 Å². The number of halogens is 8. The molecule has 0 bridgehead atoms. The van der Waals surface area contributed by atoms with Crippen molar-refractivity contribution < 1.29 is 35.1 Å². The number of hydrogen-bond acceptors (Lipinski definition) is 6. The second-order valence-corrected chi connectivity index (χ2v) is 43.3. The van der Waals surface area contributed by atoms with E-state index in [9.17, 15) is 40.4 Å². The normalized spacial score (nSPS) is 12.9. The van der Waals surface area contributed by atoms with Crippen molar-refractivity contribution in [3.63, 3.8) is 0 Å². The maximum Gasteiger partial charge on any atom is 0.264 e. The molecule has 608 valence electrons. The molecule has 7 rings (SSSR count). The third kappa shape index (κ3) is 31.7. The molecule has 0 aliphatic carbocycles. The fourth-order valence-corrected chi connectivity index (χ4v) is 10.8. The Kier molecular flexibility index (Phi) is 33.3. The van der Waals surface area contributed by atoms with Crippen molar-refractivity contribution in [3.8, 4) is 6.07 Å². The monoisotopic (exact) mass is 1520 g/mol. The fourth-order valence-electron chi connectivity index (χ4n) is 10.8. The van der Waals surface area contributed by atoms with Crippen LogP contribution < -0.4 is 0 Å². The van der Waals surface area contributed by atoms with Gasteiger partial charge in [0.1, 0.15) is 40.7 Å². The quantitative estimate of drug-likeness (QED) is 0.120. The van der Waals surface area contributed by atoms with Crippen molar-refractivity contribution in [1.82, 2.24) is 24.9 Å². The second kappa shape index (κ2) is 36.3. The van der Waals surface area contributed by atoms with Crippen LogP contribution in [0, 0.1) is 46.4 Å². The fraction of sp³-hybridized carbons (Fsp3) is 0.600. The SMILES string of the molecule is CC(C)(C)c1cc(F)c(C(C)(C)C)c(F)c1.CC(C)(C)c1cc(F)c(C(C)(C)C)cc1F.CC(C)(C)c1ccc(C(C)(C)C)c(C#N)c1.CC(C)(C)c1ccc(C(C)(C)C)c(C(F)F)c1.CC(C)(C)c1cnc(C(C)(C)C)c(F)c1.CC(C)(C)c1cnc(C(C)(C)C)nc1.CC(C)(C)c1ncc(C(C)(C)C)c(F)n1. The van der Waals surface area contributed by atoms with Gasteiger partial charge in [0.2, 0.25) is 5.95 Å². The standard InChI is InChI=1S/C15H22F2.C15H21N.2C14H20F2.C13H20FN.C12H19FN2.C12H20N2/c1-14(2,3)10-7-8-12(15(4,5)6)11(9-10)13(16)17;1-14(2,3)12-7-8-13(15(4,5)6)11(9-12)10-16;1-13(2,3)9-7-12(16)10(8-11(9)15)14(4,5)6;1-13(2,3)9-7-10(15)12(11(16)8-9)14(4,5)6;1-12(2,3)9-7-10(14)11(15-8-9)13(4,5)6;1-11(2,3)8-7-14-10(12(4,5)6)15-9(8)13;1-11(2,3)9-7-13-10(14-8-9)12(4,5)6/h7-9,13H,1-6H3;7-9H,1-6H3;2*7-8H,1-6H3;7-8H,1-6H3;7H,1-6H3;7-8H,1-6H3.